The molecule has 106 valence electrons. The average molecular weight is 307 g/mol. The molecule has 0 spiro atoms. The van der Waals surface area contributed by atoms with E-state index < -0.39 is 17.6 Å². The quantitative estimate of drug-likeness (QED) is 0.793. The number of carboxylic acids is 1. The van der Waals surface area contributed by atoms with E-state index in [2.05, 4.69) is 4.98 Å². The number of aromatic carboxylic acids is 1. The Morgan fingerprint density at radius 1 is 1.19 bits per heavy atom. The Hall–Kier alpha value is -2.41. The molecule has 4 nitrogen and oxygen atoms in total. The monoisotopic (exact) mass is 307 g/mol. The summed E-state index contributed by atoms with van der Waals surface area (Å²) in [5.41, 5.74) is 0.778. The maximum Gasteiger partial charge on any atom is 0.335 e. The molecule has 0 aliphatic carbocycles. The van der Waals surface area contributed by atoms with E-state index >= 15 is 0 Å². The predicted molar refractivity (Wildman–Crippen MR) is 71.4 cm³/mol. The highest BCUT2D eigenvalue weighted by molar-refractivity contribution is 7.99. The molecular formula is C14H7F2NO3S. The van der Waals surface area contributed by atoms with Crippen LogP contribution in [0.15, 0.2) is 50.9 Å². The third kappa shape index (κ3) is 2.73. The number of nitrogens with zero attached hydrogens (tertiary/aromatic N) is 1. The summed E-state index contributed by atoms with van der Waals surface area (Å²) >= 11 is 0.828. The van der Waals surface area contributed by atoms with Crippen molar-refractivity contribution in [2.75, 3.05) is 0 Å². The van der Waals surface area contributed by atoms with Crippen molar-refractivity contribution in [3.8, 4) is 0 Å². The van der Waals surface area contributed by atoms with Gasteiger partial charge >= 0.3 is 5.97 Å². The Balaban J connectivity index is 1.97. The lowest BCUT2D eigenvalue weighted by Gasteiger charge is -1.98. The molecule has 0 radical (unpaired) electrons. The van der Waals surface area contributed by atoms with Crippen LogP contribution in [-0.4, -0.2) is 16.1 Å². The summed E-state index contributed by atoms with van der Waals surface area (Å²) < 4.78 is 32.0. The fourth-order valence-corrected chi connectivity index (χ4v) is 2.53. The van der Waals surface area contributed by atoms with Crippen LogP contribution in [0.5, 0.6) is 0 Å². The fraction of sp³-hybridized carbons (Fsp3) is 0. The third-order valence-corrected chi connectivity index (χ3v) is 3.59. The molecule has 3 rings (SSSR count). The number of oxazole rings is 1. The van der Waals surface area contributed by atoms with Gasteiger partial charge in [-0.3, -0.25) is 0 Å². The van der Waals surface area contributed by atoms with Gasteiger partial charge in [0, 0.05) is 0 Å². The Kier molecular flexibility index (Phi) is 3.34. The predicted octanol–water partition coefficient (Wildman–Crippen LogP) is 3.96. The Bertz CT molecular complexity index is 847. The zero-order valence-corrected chi connectivity index (χ0v) is 11.2. The third-order valence-electron chi connectivity index (χ3n) is 2.71. The van der Waals surface area contributed by atoms with Crippen LogP contribution in [0.1, 0.15) is 10.4 Å². The van der Waals surface area contributed by atoms with Crippen LogP contribution in [0.25, 0.3) is 11.1 Å². The minimum atomic E-state index is -1.08. The summed E-state index contributed by atoms with van der Waals surface area (Å²) in [4.78, 5) is 15.0. The number of halogens is 2. The van der Waals surface area contributed by atoms with Crippen LogP contribution in [0, 0.1) is 11.6 Å². The highest BCUT2D eigenvalue weighted by Crippen LogP contribution is 2.32. The highest BCUT2D eigenvalue weighted by Gasteiger charge is 2.13. The van der Waals surface area contributed by atoms with Gasteiger partial charge in [-0.25, -0.2) is 18.6 Å². The lowest BCUT2D eigenvalue weighted by molar-refractivity contribution is 0.0697. The van der Waals surface area contributed by atoms with E-state index in [4.69, 9.17) is 9.52 Å². The molecule has 1 N–H and O–H groups in total. The van der Waals surface area contributed by atoms with Crippen molar-refractivity contribution in [1.29, 1.82) is 0 Å². The summed E-state index contributed by atoms with van der Waals surface area (Å²) in [6.07, 6.45) is 0. The molecule has 0 unspecified atom stereocenters. The summed E-state index contributed by atoms with van der Waals surface area (Å²) in [6.45, 7) is 0. The minimum Gasteiger partial charge on any atom is -0.478 e. The van der Waals surface area contributed by atoms with E-state index in [0.717, 1.165) is 30.0 Å². The number of hydrogen-bond donors (Lipinski definition) is 1. The molecule has 0 fully saturated rings. The van der Waals surface area contributed by atoms with Crippen molar-refractivity contribution in [3.63, 3.8) is 0 Å². The van der Waals surface area contributed by atoms with Crippen LogP contribution in [-0.2, 0) is 0 Å². The number of fused-ring (bicyclic) bond motifs is 1. The molecule has 0 atom stereocenters. The van der Waals surface area contributed by atoms with E-state index in [-0.39, 0.29) is 21.3 Å². The van der Waals surface area contributed by atoms with Gasteiger partial charge in [0.05, 0.1) is 10.5 Å². The number of carboxylic acid groups (broad SMARTS) is 1. The van der Waals surface area contributed by atoms with Gasteiger partial charge in [-0.05, 0) is 48.2 Å². The molecule has 0 saturated carbocycles. The molecule has 2 aromatic carbocycles. The van der Waals surface area contributed by atoms with Crippen LogP contribution >= 0.6 is 11.8 Å². The van der Waals surface area contributed by atoms with Crippen molar-refractivity contribution < 1.29 is 23.1 Å². The van der Waals surface area contributed by atoms with Gasteiger partial charge in [0.15, 0.2) is 5.58 Å². The van der Waals surface area contributed by atoms with Crippen LogP contribution in [0.3, 0.4) is 0 Å². The SMILES string of the molecule is O=C(O)c1ccc2nc(Sc3cc(F)ccc3F)oc2c1. The van der Waals surface area contributed by atoms with Crippen molar-refractivity contribution in [2.24, 2.45) is 0 Å². The zero-order chi connectivity index (χ0) is 15.0. The second-order valence-electron chi connectivity index (χ2n) is 4.14. The van der Waals surface area contributed by atoms with Crippen molar-refractivity contribution >= 4 is 28.8 Å². The second kappa shape index (κ2) is 5.17. The number of carbonyl (C=O) groups is 1. The van der Waals surface area contributed by atoms with E-state index in [0.29, 0.717) is 5.52 Å². The maximum absolute atomic E-state index is 13.5. The van der Waals surface area contributed by atoms with Gasteiger partial charge in [-0.15, -0.1) is 0 Å². The van der Waals surface area contributed by atoms with E-state index in [1.807, 2.05) is 0 Å². The van der Waals surface area contributed by atoms with E-state index in [1.165, 1.54) is 18.2 Å². The minimum absolute atomic E-state index is 0.0417. The first-order chi connectivity index (χ1) is 10.0. The number of rotatable bonds is 3. The van der Waals surface area contributed by atoms with Gasteiger partial charge in [-0.2, -0.15) is 0 Å². The summed E-state index contributed by atoms with van der Waals surface area (Å²) in [7, 11) is 0. The molecule has 3 aromatic rings. The fourth-order valence-electron chi connectivity index (χ4n) is 1.73. The Labute approximate surface area is 121 Å². The molecular weight excluding hydrogens is 300 g/mol. The molecule has 7 heteroatoms. The van der Waals surface area contributed by atoms with Gasteiger partial charge in [0.1, 0.15) is 17.2 Å². The number of aromatic nitrogens is 1. The molecule has 1 heterocycles. The molecule has 0 bridgehead atoms. The number of benzene rings is 2. The lowest BCUT2D eigenvalue weighted by Crippen LogP contribution is -1.94. The maximum atomic E-state index is 13.5. The Morgan fingerprint density at radius 3 is 2.76 bits per heavy atom. The van der Waals surface area contributed by atoms with Gasteiger partial charge in [0.25, 0.3) is 5.22 Å². The zero-order valence-electron chi connectivity index (χ0n) is 10.3. The van der Waals surface area contributed by atoms with E-state index in [9.17, 15) is 13.6 Å². The number of hydrogen-bond acceptors (Lipinski definition) is 4. The summed E-state index contributed by atoms with van der Waals surface area (Å²) in [5.74, 6) is -2.24. The molecule has 0 amide bonds. The highest BCUT2D eigenvalue weighted by atomic mass is 32.2. The average Bonchev–Trinajstić information content (AvgIpc) is 2.84. The van der Waals surface area contributed by atoms with Gasteiger partial charge in [-0.1, -0.05) is 0 Å². The smallest absolute Gasteiger partial charge is 0.335 e. The summed E-state index contributed by atoms with van der Waals surface area (Å²) in [5, 5.41) is 9.00. The molecule has 0 aliphatic heterocycles. The topological polar surface area (TPSA) is 63.3 Å². The van der Waals surface area contributed by atoms with Crippen LogP contribution in [0.2, 0.25) is 0 Å². The summed E-state index contributed by atoms with van der Waals surface area (Å²) in [6, 6.07) is 7.29. The first-order valence-corrected chi connectivity index (χ1v) is 6.61. The normalized spacial score (nSPS) is 11.0. The first-order valence-electron chi connectivity index (χ1n) is 5.80. The van der Waals surface area contributed by atoms with Crippen molar-refractivity contribution in [1.82, 2.24) is 4.98 Å². The van der Waals surface area contributed by atoms with Crippen molar-refractivity contribution in [2.45, 2.75) is 10.1 Å². The second-order valence-corrected chi connectivity index (χ2v) is 5.14. The van der Waals surface area contributed by atoms with Crippen LogP contribution in [0.4, 0.5) is 8.78 Å². The van der Waals surface area contributed by atoms with Gasteiger partial charge in [0.2, 0.25) is 0 Å². The largest absolute Gasteiger partial charge is 0.478 e. The molecule has 21 heavy (non-hydrogen) atoms. The lowest BCUT2D eigenvalue weighted by atomic mass is 10.2. The molecule has 0 saturated heterocycles. The van der Waals surface area contributed by atoms with Crippen LogP contribution < -0.4 is 0 Å². The van der Waals surface area contributed by atoms with Crippen molar-refractivity contribution in [3.05, 3.63) is 53.6 Å². The standard InChI is InChI=1S/C14H7F2NO3S/c15-8-2-3-9(16)12(6-8)21-14-17-10-4-1-7(13(18)19)5-11(10)20-14/h1-6H,(H,18,19). The Morgan fingerprint density at radius 2 is 2.00 bits per heavy atom. The van der Waals surface area contributed by atoms with E-state index in [1.54, 1.807) is 0 Å². The molecule has 0 aliphatic rings. The first kappa shape index (κ1) is 13.6. The van der Waals surface area contributed by atoms with Gasteiger partial charge < -0.3 is 9.52 Å². The molecule has 1 aromatic heterocycles.